The molecule has 0 aliphatic carbocycles. The van der Waals surface area contributed by atoms with Crippen molar-refractivity contribution in [3.8, 4) is 28.1 Å². The summed E-state index contributed by atoms with van der Waals surface area (Å²) in [6.45, 7) is 1.84. The lowest BCUT2D eigenvalue weighted by Gasteiger charge is -2.09. The van der Waals surface area contributed by atoms with Crippen molar-refractivity contribution in [1.29, 1.82) is 0 Å². The molecule has 0 aliphatic rings. The molecule has 0 saturated heterocycles. The lowest BCUT2D eigenvalue weighted by Crippen LogP contribution is -2.13. The number of H-pyrrole nitrogens is 1. The van der Waals surface area contributed by atoms with Gasteiger partial charge in [0, 0.05) is 5.39 Å². The summed E-state index contributed by atoms with van der Waals surface area (Å²) in [7, 11) is -3.88. The van der Waals surface area contributed by atoms with Crippen LogP contribution in [0.1, 0.15) is 6.92 Å². The zero-order valence-electron chi connectivity index (χ0n) is 19.8. The van der Waals surface area contributed by atoms with Crippen molar-refractivity contribution in [1.82, 2.24) is 9.97 Å². The van der Waals surface area contributed by atoms with Crippen LogP contribution in [0, 0.1) is 0 Å². The smallest absolute Gasteiger partial charge is 0.434 e. The fourth-order valence-electron chi connectivity index (χ4n) is 3.97. The Hall–Kier alpha value is -4.63. The van der Waals surface area contributed by atoms with Crippen molar-refractivity contribution in [2.45, 2.75) is 11.8 Å². The average molecular weight is 514 g/mol. The van der Waals surface area contributed by atoms with Gasteiger partial charge >= 0.3 is 6.16 Å². The largest absolute Gasteiger partial charge is 0.515 e. The van der Waals surface area contributed by atoms with Crippen LogP contribution in [-0.2, 0) is 14.8 Å². The Morgan fingerprint density at radius 2 is 1.51 bits per heavy atom. The number of benzene rings is 3. The predicted molar refractivity (Wildman–Crippen MR) is 142 cm³/mol. The van der Waals surface area contributed by atoms with Crippen LogP contribution in [0.2, 0.25) is 0 Å². The Balaban J connectivity index is 1.48. The van der Waals surface area contributed by atoms with E-state index in [1.807, 2.05) is 60.7 Å². The molecular weight excluding hydrogens is 490 g/mol. The number of hydrogen-bond donors (Lipinski definition) is 2. The van der Waals surface area contributed by atoms with Crippen LogP contribution < -0.4 is 9.46 Å². The van der Waals surface area contributed by atoms with Gasteiger partial charge in [-0.05, 0) is 41.8 Å². The van der Waals surface area contributed by atoms with Crippen molar-refractivity contribution in [2.24, 2.45) is 0 Å². The molecule has 0 radical (unpaired) electrons. The van der Waals surface area contributed by atoms with Gasteiger partial charge in [-0.2, -0.15) is 0 Å². The Bertz CT molecular complexity index is 1650. The molecule has 5 rings (SSSR count). The first-order valence-corrected chi connectivity index (χ1v) is 13.0. The highest BCUT2D eigenvalue weighted by molar-refractivity contribution is 7.92. The second-order valence-corrected chi connectivity index (χ2v) is 9.78. The number of pyridine rings is 1. The summed E-state index contributed by atoms with van der Waals surface area (Å²) < 4.78 is 39.2. The molecule has 37 heavy (non-hydrogen) atoms. The second kappa shape index (κ2) is 10.2. The summed E-state index contributed by atoms with van der Waals surface area (Å²) in [6, 6.07) is 27.3. The van der Waals surface area contributed by atoms with Crippen LogP contribution >= 0.6 is 0 Å². The number of ether oxygens (including phenoxy) is 2. The zero-order valence-corrected chi connectivity index (χ0v) is 20.7. The molecule has 0 amide bonds. The van der Waals surface area contributed by atoms with E-state index in [2.05, 4.69) is 14.7 Å². The van der Waals surface area contributed by atoms with Gasteiger partial charge in [0.2, 0.25) is 5.88 Å². The first kappa shape index (κ1) is 24.1. The quantitative estimate of drug-likeness (QED) is 0.250. The van der Waals surface area contributed by atoms with Crippen LogP contribution in [-0.4, -0.2) is 31.1 Å². The number of hydrogen-bond acceptors (Lipinski definition) is 6. The first-order valence-electron chi connectivity index (χ1n) is 11.5. The Kier molecular flexibility index (Phi) is 6.61. The monoisotopic (exact) mass is 513 g/mol. The molecule has 8 nitrogen and oxygen atoms in total. The van der Waals surface area contributed by atoms with Gasteiger partial charge in [-0.25, -0.2) is 18.2 Å². The zero-order chi connectivity index (χ0) is 25.8. The predicted octanol–water partition coefficient (Wildman–Crippen LogP) is 6.23. The van der Waals surface area contributed by atoms with Crippen molar-refractivity contribution in [3.63, 3.8) is 0 Å². The van der Waals surface area contributed by atoms with Crippen molar-refractivity contribution in [3.05, 3.63) is 97.2 Å². The highest BCUT2D eigenvalue weighted by Gasteiger charge is 2.21. The van der Waals surface area contributed by atoms with Crippen molar-refractivity contribution >= 4 is 32.9 Å². The molecular formula is C28H23N3O5S. The molecule has 0 fully saturated rings. The maximum absolute atomic E-state index is 13.1. The van der Waals surface area contributed by atoms with Crippen LogP contribution in [0.3, 0.4) is 0 Å². The third-order valence-electron chi connectivity index (χ3n) is 5.65. The summed E-state index contributed by atoms with van der Waals surface area (Å²) in [5.74, 6) is 0.156. The van der Waals surface area contributed by atoms with Gasteiger partial charge in [-0.3, -0.25) is 4.72 Å². The minimum Gasteiger partial charge on any atom is -0.434 e. The highest BCUT2D eigenvalue weighted by Crippen LogP contribution is 2.38. The summed E-state index contributed by atoms with van der Waals surface area (Å²) in [4.78, 5) is 19.5. The number of rotatable bonds is 7. The molecule has 2 aromatic heterocycles. The lowest BCUT2D eigenvalue weighted by molar-refractivity contribution is 0.103. The number of carbonyl (C=O) groups excluding carboxylic acids is 1. The third kappa shape index (κ3) is 5.17. The molecule has 0 bridgehead atoms. The van der Waals surface area contributed by atoms with Gasteiger partial charge in [-0.15, -0.1) is 0 Å². The molecule has 0 aliphatic heterocycles. The molecule has 186 valence electrons. The average Bonchev–Trinajstić information content (AvgIpc) is 3.26. The van der Waals surface area contributed by atoms with E-state index in [9.17, 15) is 13.2 Å². The minimum atomic E-state index is -3.88. The SMILES string of the molecule is CCOC(=O)Oc1[nH]c2ncc(NS(=O)(=O)c3ccc(-c4ccccc4)cc3)cc2c1-c1ccccc1. The fraction of sp³-hybridized carbons (Fsp3) is 0.0714. The Morgan fingerprint density at radius 1 is 0.892 bits per heavy atom. The van der Waals surface area contributed by atoms with Gasteiger partial charge in [0.1, 0.15) is 5.65 Å². The standard InChI is InChI=1S/C28H23N3O5S/c1-2-35-28(32)36-27-25(21-11-7-4-8-12-21)24-17-22(18-29-26(24)30-27)31-37(33,34)23-15-13-20(14-16-23)19-9-5-3-6-10-19/h3-18,31H,2H2,1H3,(H,29,30). The van der Waals surface area contributed by atoms with E-state index >= 15 is 0 Å². The number of anilines is 1. The number of aromatic nitrogens is 2. The van der Waals surface area contributed by atoms with Gasteiger partial charge in [0.05, 0.1) is 29.0 Å². The third-order valence-corrected chi connectivity index (χ3v) is 7.05. The summed E-state index contributed by atoms with van der Waals surface area (Å²) in [5.41, 5.74) is 3.91. The van der Waals surface area contributed by atoms with Gasteiger partial charge in [0.15, 0.2) is 0 Å². The van der Waals surface area contributed by atoms with Gasteiger partial charge < -0.3 is 14.5 Å². The maximum Gasteiger partial charge on any atom is 0.515 e. The van der Waals surface area contributed by atoms with E-state index in [1.165, 1.54) is 6.20 Å². The topological polar surface area (TPSA) is 110 Å². The molecule has 0 unspecified atom stereocenters. The second-order valence-electron chi connectivity index (χ2n) is 8.10. The normalized spacial score (nSPS) is 11.3. The molecule has 2 heterocycles. The molecule has 0 saturated carbocycles. The molecule has 3 aromatic carbocycles. The van der Waals surface area contributed by atoms with Crippen molar-refractivity contribution in [2.75, 3.05) is 11.3 Å². The van der Waals surface area contributed by atoms with E-state index in [1.54, 1.807) is 37.3 Å². The van der Waals surface area contributed by atoms with Crippen LogP contribution in [0.15, 0.2) is 102 Å². The van der Waals surface area contributed by atoms with E-state index in [0.29, 0.717) is 16.6 Å². The van der Waals surface area contributed by atoms with E-state index in [4.69, 9.17) is 9.47 Å². The number of fused-ring (bicyclic) bond motifs is 1. The molecule has 0 spiro atoms. The number of carbonyl (C=O) groups is 1. The Morgan fingerprint density at radius 3 is 2.16 bits per heavy atom. The van der Waals surface area contributed by atoms with Gasteiger partial charge in [0.25, 0.3) is 10.0 Å². The molecule has 2 N–H and O–H groups in total. The number of aromatic amines is 1. The molecule has 5 aromatic rings. The number of sulfonamides is 1. The molecule has 9 heteroatoms. The summed E-state index contributed by atoms with van der Waals surface area (Å²) >= 11 is 0. The highest BCUT2D eigenvalue weighted by atomic mass is 32.2. The van der Waals surface area contributed by atoms with E-state index in [-0.39, 0.29) is 23.1 Å². The first-order chi connectivity index (χ1) is 17.9. The summed E-state index contributed by atoms with van der Waals surface area (Å²) in [5, 5.41) is 0.574. The maximum atomic E-state index is 13.1. The van der Waals surface area contributed by atoms with Crippen LogP contribution in [0.4, 0.5) is 10.5 Å². The lowest BCUT2D eigenvalue weighted by atomic mass is 10.1. The minimum absolute atomic E-state index is 0.121. The summed E-state index contributed by atoms with van der Waals surface area (Å²) in [6.07, 6.45) is 0.545. The number of nitrogens with zero attached hydrogens (tertiary/aromatic N) is 1. The van der Waals surface area contributed by atoms with Gasteiger partial charge in [-0.1, -0.05) is 72.8 Å². The fourth-order valence-corrected chi connectivity index (χ4v) is 5.01. The van der Waals surface area contributed by atoms with Crippen LogP contribution in [0.25, 0.3) is 33.3 Å². The Labute approximate surface area is 214 Å². The molecule has 0 atom stereocenters. The van der Waals surface area contributed by atoms with E-state index in [0.717, 1.165) is 16.7 Å². The van der Waals surface area contributed by atoms with Crippen LogP contribution in [0.5, 0.6) is 5.88 Å². The number of nitrogens with one attached hydrogen (secondary N) is 2. The van der Waals surface area contributed by atoms with Crippen molar-refractivity contribution < 1.29 is 22.7 Å². The van der Waals surface area contributed by atoms with E-state index < -0.39 is 16.2 Å².